The van der Waals surface area contributed by atoms with Crippen LogP contribution in [0.2, 0.25) is 5.02 Å². The molecule has 166 valence electrons. The first-order valence-electron chi connectivity index (χ1n) is 11.2. The van der Waals surface area contributed by atoms with Gasteiger partial charge in [0.05, 0.1) is 11.2 Å². The molecule has 32 heavy (non-hydrogen) atoms. The average molecular weight is 452 g/mol. The van der Waals surface area contributed by atoms with Gasteiger partial charge >= 0.3 is 0 Å². The normalized spacial score (nSPS) is 19.3. The predicted octanol–water partition coefficient (Wildman–Crippen LogP) is 3.47. The molecule has 3 aromatic rings. The van der Waals surface area contributed by atoms with Crippen LogP contribution in [0.3, 0.4) is 0 Å². The summed E-state index contributed by atoms with van der Waals surface area (Å²) >= 11 is 6.27. The maximum atomic E-state index is 13.3. The minimum atomic E-state index is -0.372. The summed E-state index contributed by atoms with van der Waals surface area (Å²) in [7, 11) is 0. The maximum Gasteiger partial charge on any atom is 0.293 e. The number of nitrogens with zero attached hydrogens (tertiary/aromatic N) is 4. The molecule has 1 amide bonds. The quantitative estimate of drug-likeness (QED) is 0.620. The molecule has 3 heterocycles. The van der Waals surface area contributed by atoms with E-state index in [1.165, 1.54) is 4.52 Å². The second-order valence-corrected chi connectivity index (χ2v) is 9.06. The van der Waals surface area contributed by atoms with Crippen molar-refractivity contribution in [1.82, 2.24) is 19.9 Å². The zero-order valence-electron chi connectivity index (χ0n) is 18.1. The number of hydrogen-bond donors (Lipinski definition) is 1. The molecule has 1 aromatic carbocycles. The van der Waals surface area contributed by atoms with Gasteiger partial charge in [0.15, 0.2) is 5.65 Å². The van der Waals surface area contributed by atoms with Crippen LogP contribution in [0.1, 0.15) is 50.3 Å². The monoisotopic (exact) mass is 451 g/mol. The Balaban J connectivity index is 1.42. The Kier molecular flexibility index (Phi) is 5.37. The van der Waals surface area contributed by atoms with E-state index in [0.717, 1.165) is 37.7 Å². The number of rotatable bonds is 6. The molecule has 2 fully saturated rings. The number of nitrogens with one attached hydrogen (secondary N) is 1. The van der Waals surface area contributed by atoms with Gasteiger partial charge in [-0.25, -0.2) is 4.98 Å². The summed E-state index contributed by atoms with van der Waals surface area (Å²) < 4.78 is 1.25. The summed E-state index contributed by atoms with van der Waals surface area (Å²) in [5.74, 6) is 0.593. The number of aromatic nitrogens is 3. The molecule has 5 rings (SSSR count). The van der Waals surface area contributed by atoms with Crippen molar-refractivity contribution in [2.24, 2.45) is 0 Å². The van der Waals surface area contributed by atoms with Crippen molar-refractivity contribution in [3.63, 3.8) is 0 Å². The molecule has 0 bridgehead atoms. The predicted molar refractivity (Wildman–Crippen MR) is 124 cm³/mol. The third-order valence-corrected chi connectivity index (χ3v) is 6.84. The zero-order valence-corrected chi connectivity index (χ0v) is 18.8. The molecule has 1 atom stereocenters. The van der Waals surface area contributed by atoms with E-state index in [1.54, 1.807) is 6.07 Å². The number of anilines is 1. The lowest BCUT2D eigenvalue weighted by Gasteiger charge is -2.27. The standard InChI is InChI=1S/C24H26ClN5O2/c1-2-7-17-21(25)23(32)30-19(26-17)11-12-20(28-30)29-15-6-10-18(29)22(31)27-24(13-14-24)16-8-4-3-5-9-16/h3-5,8-9,11-12,18H,2,6-7,10,13-15H2,1H3,(H,27,31)/t18-/m1/s1. The highest BCUT2D eigenvalue weighted by Gasteiger charge is 2.47. The van der Waals surface area contributed by atoms with Gasteiger partial charge in [0.2, 0.25) is 5.91 Å². The van der Waals surface area contributed by atoms with E-state index < -0.39 is 0 Å². The van der Waals surface area contributed by atoms with Gasteiger partial charge in [-0.3, -0.25) is 9.59 Å². The highest BCUT2D eigenvalue weighted by molar-refractivity contribution is 6.31. The molecule has 0 radical (unpaired) electrons. The molecular weight excluding hydrogens is 426 g/mol. The molecule has 8 heteroatoms. The first-order chi connectivity index (χ1) is 15.5. The number of amides is 1. The van der Waals surface area contributed by atoms with Crippen LogP contribution in [0, 0.1) is 0 Å². The molecule has 7 nitrogen and oxygen atoms in total. The van der Waals surface area contributed by atoms with Crippen LogP contribution in [0.4, 0.5) is 5.82 Å². The van der Waals surface area contributed by atoms with Crippen LogP contribution in [-0.2, 0) is 16.8 Å². The summed E-state index contributed by atoms with van der Waals surface area (Å²) in [5, 5.41) is 7.93. The van der Waals surface area contributed by atoms with E-state index in [2.05, 4.69) is 27.5 Å². The zero-order chi connectivity index (χ0) is 22.3. The SMILES string of the molecule is CCCc1nc2ccc(N3CCC[C@@H]3C(=O)NC3(c4ccccc4)CC3)nn2c(=O)c1Cl. The number of carbonyl (C=O) groups excluding carboxylic acids is 1. The number of fused-ring (bicyclic) bond motifs is 1. The number of hydrogen-bond acceptors (Lipinski definition) is 5. The van der Waals surface area contributed by atoms with E-state index >= 15 is 0 Å². The molecule has 1 saturated heterocycles. The van der Waals surface area contributed by atoms with Crippen LogP contribution in [0.5, 0.6) is 0 Å². The topological polar surface area (TPSA) is 79.6 Å². The van der Waals surface area contributed by atoms with Crippen molar-refractivity contribution in [3.8, 4) is 0 Å². The Bertz CT molecular complexity index is 1220. The Morgan fingerprint density at radius 2 is 2.00 bits per heavy atom. The van der Waals surface area contributed by atoms with Gasteiger partial charge in [-0.1, -0.05) is 55.3 Å². The van der Waals surface area contributed by atoms with Gasteiger partial charge in [-0.05, 0) is 49.8 Å². The Morgan fingerprint density at radius 3 is 2.72 bits per heavy atom. The van der Waals surface area contributed by atoms with Crippen LogP contribution in [0.15, 0.2) is 47.3 Å². The third kappa shape index (κ3) is 3.64. The first-order valence-corrected chi connectivity index (χ1v) is 11.6. The van der Waals surface area contributed by atoms with Gasteiger partial charge in [0.1, 0.15) is 16.9 Å². The maximum absolute atomic E-state index is 13.3. The number of carbonyl (C=O) groups is 1. The van der Waals surface area contributed by atoms with Gasteiger partial charge in [0, 0.05) is 6.54 Å². The van der Waals surface area contributed by atoms with Crippen LogP contribution >= 0.6 is 11.6 Å². The van der Waals surface area contributed by atoms with Crippen molar-refractivity contribution in [1.29, 1.82) is 0 Å². The van der Waals surface area contributed by atoms with E-state index in [4.69, 9.17) is 11.6 Å². The largest absolute Gasteiger partial charge is 0.345 e. The second-order valence-electron chi connectivity index (χ2n) is 8.68. The molecule has 0 spiro atoms. The fraction of sp³-hybridized carbons (Fsp3) is 0.417. The molecule has 2 aromatic heterocycles. The van der Waals surface area contributed by atoms with Crippen molar-refractivity contribution in [2.45, 2.75) is 57.0 Å². The highest BCUT2D eigenvalue weighted by Crippen LogP contribution is 2.45. The van der Waals surface area contributed by atoms with Gasteiger partial charge < -0.3 is 10.2 Å². The molecular formula is C24H26ClN5O2. The van der Waals surface area contributed by atoms with E-state index in [9.17, 15) is 9.59 Å². The van der Waals surface area contributed by atoms with Gasteiger partial charge in [0.25, 0.3) is 5.56 Å². The fourth-order valence-electron chi connectivity index (χ4n) is 4.60. The number of halogens is 1. The fourth-order valence-corrected chi connectivity index (χ4v) is 4.82. The first kappa shape index (κ1) is 20.9. The average Bonchev–Trinajstić information content (AvgIpc) is 3.42. The Hall–Kier alpha value is -2.93. The Labute approximate surface area is 191 Å². The smallest absolute Gasteiger partial charge is 0.293 e. The van der Waals surface area contributed by atoms with E-state index in [1.807, 2.05) is 36.1 Å². The molecule has 1 aliphatic carbocycles. The van der Waals surface area contributed by atoms with Crippen molar-refractivity contribution < 1.29 is 4.79 Å². The lowest BCUT2D eigenvalue weighted by Crippen LogP contribution is -2.47. The summed E-state index contributed by atoms with van der Waals surface area (Å²) in [5.41, 5.74) is 1.59. The van der Waals surface area contributed by atoms with Gasteiger partial charge in [-0.15, -0.1) is 5.10 Å². The van der Waals surface area contributed by atoms with Crippen LogP contribution in [-0.4, -0.2) is 33.1 Å². The molecule has 1 aliphatic heterocycles. The lowest BCUT2D eigenvalue weighted by atomic mass is 10.0. The van der Waals surface area contributed by atoms with Crippen LogP contribution in [0.25, 0.3) is 5.65 Å². The minimum absolute atomic E-state index is 0.00699. The minimum Gasteiger partial charge on any atom is -0.345 e. The van der Waals surface area contributed by atoms with Crippen molar-refractivity contribution in [2.75, 3.05) is 11.4 Å². The molecule has 0 unspecified atom stereocenters. The second kappa shape index (κ2) is 8.20. The summed E-state index contributed by atoms with van der Waals surface area (Å²) in [4.78, 5) is 32.6. The van der Waals surface area contributed by atoms with Crippen LogP contribution < -0.4 is 15.8 Å². The third-order valence-electron chi connectivity index (χ3n) is 6.46. The molecule has 2 aliphatic rings. The Morgan fingerprint density at radius 1 is 1.22 bits per heavy atom. The summed E-state index contributed by atoms with van der Waals surface area (Å²) in [6.45, 7) is 2.72. The number of aryl methyl sites for hydroxylation is 1. The van der Waals surface area contributed by atoms with E-state index in [-0.39, 0.29) is 28.1 Å². The number of benzene rings is 1. The van der Waals surface area contributed by atoms with Gasteiger partial charge in [-0.2, -0.15) is 4.52 Å². The molecule has 1 N–H and O–H groups in total. The molecule has 1 saturated carbocycles. The van der Waals surface area contributed by atoms with Crippen molar-refractivity contribution >= 4 is 29.0 Å². The van der Waals surface area contributed by atoms with Crippen molar-refractivity contribution in [3.05, 3.63) is 69.1 Å². The highest BCUT2D eigenvalue weighted by atomic mass is 35.5. The lowest BCUT2D eigenvalue weighted by molar-refractivity contribution is -0.123. The van der Waals surface area contributed by atoms with E-state index in [0.29, 0.717) is 30.1 Å². The summed E-state index contributed by atoms with van der Waals surface area (Å²) in [6.07, 6.45) is 5.03. The summed E-state index contributed by atoms with van der Waals surface area (Å²) in [6, 6.07) is 13.4.